The zero-order valence-electron chi connectivity index (χ0n) is 17.7. The number of anilines is 2. The van der Waals surface area contributed by atoms with Crippen LogP contribution in [0, 0.1) is 24.0 Å². The Hall–Kier alpha value is -3.28. The number of para-hydroxylation sites is 1. The molecule has 0 unspecified atom stereocenters. The fourth-order valence-corrected chi connectivity index (χ4v) is 5.07. The summed E-state index contributed by atoms with van der Waals surface area (Å²) in [5, 5.41) is 19.4. The Labute approximate surface area is 185 Å². The summed E-state index contributed by atoms with van der Waals surface area (Å²) >= 11 is 0. The number of nitrogens with one attached hydrogen (secondary N) is 1. The van der Waals surface area contributed by atoms with Gasteiger partial charge in [-0.05, 0) is 38.1 Å². The molecule has 0 bridgehead atoms. The number of hydrogen-bond donors (Lipinski definition) is 1. The Bertz CT molecular complexity index is 1250. The van der Waals surface area contributed by atoms with E-state index in [9.17, 15) is 18.5 Å². The highest BCUT2D eigenvalue weighted by Gasteiger charge is 2.29. The van der Waals surface area contributed by atoms with Crippen LogP contribution in [0.15, 0.2) is 53.4 Å². The molecular weight excluding hydrogens is 434 g/mol. The van der Waals surface area contributed by atoms with Crippen molar-refractivity contribution in [2.75, 3.05) is 31.6 Å². The van der Waals surface area contributed by atoms with Crippen LogP contribution in [0.25, 0.3) is 5.69 Å². The number of nitro benzene ring substituents is 1. The van der Waals surface area contributed by atoms with Gasteiger partial charge in [-0.1, -0.05) is 18.2 Å². The van der Waals surface area contributed by atoms with Gasteiger partial charge >= 0.3 is 0 Å². The van der Waals surface area contributed by atoms with Gasteiger partial charge in [-0.2, -0.15) is 9.40 Å². The van der Waals surface area contributed by atoms with Crippen molar-refractivity contribution in [1.29, 1.82) is 0 Å². The minimum atomic E-state index is -3.85. The molecule has 168 valence electrons. The minimum absolute atomic E-state index is 0.120. The molecule has 0 spiro atoms. The summed E-state index contributed by atoms with van der Waals surface area (Å²) < 4.78 is 34.1. The number of morpholine rings is 1. The summed E-state index contributed by atoms with van der Waals surface area (Å²) in [6.45, 7) is 4.69. The van der Waals surface area contributed by atoms with Crippen molar-refractivity contribution in [3.05, 3.63) is 70.0 Å². The van der Waals surface area contributed by atoms with Crippen molar-refractivity contribution in [2.24, 2.45) is 0 Å². The molecule has 3 aromatic rings. The number of benzene rings is 2. The molecule has 0 amide bonds. The molecule has 0 saturated carbocycles. The molecule has 0 aliphatic carbocycles. The van der Waals surface area contributed by atoms with Crippen molar-refractivity contribution >= 4 is 27.1 Å². The standard InChI is InChI=1S/C21H23N5O5S/c1-15-21(16(2)25(23-15)17-6-4-3-5-7-17)22-19-9-8-18(14-20(19)26(27)28)32(29,30)24-10-12-31-13-11-24/h3-9,14,22H,10-13H2,1-2H3. The van der Waals surface area contributed by atoms with Gasteiger partial charge in [0.1, 0.15) is 5.69 Å². The van der Waals surface area contributed by atoms with E-state index in [0.29, 0.717) is 24.6 Å². The lowest BCUT2D eigenvalue weighted by Crippen LogP contribution is -2.40. The molecule has 0 radical (unpaired) electrons. The van der Waals surface area contributed by atoms with E-state index in [1.54, 1.807) is 11.6 Å². The first-order valence-electron chi connectivity index (χ1n) is 10.0. The Kier molecular flexibility index (Phi) is 5.96. The van der Waals surface area contributed by atoms with Crippen LogP contribution in [0.4, 0.5) is 17.1 Å². The van der Waals surface area contributed by atoms with Crippen LogP contribution in [0.2, 0.25) is 0 Å². The van der Waals surface area contributed by atoms with E-state index >= 15 is 0 Å². The highest BCUT2D eigenvalue weighted by Crippen LogP contribution is 2.34. The van der Waals surface area contributed by atoms with Crippen LogP contribution in [0.5, 0.6) is 0 Å². The van der Waals surface area contributed by atoms with E-state index < -0.39 is 14.9 Å². The van der Waals surface area contributed by atoms with Crippen LogP contribution in [-0.4, -0.2) is 53.7 Å². The van der Waals surface area contributed by atoms with Crippen molar-refractivity contribution < 1.29 is 18.1 Å². The molecule has 10 nitrogen and oxygen atoms in total. The van der Waals surface area contributed by atoms with Crippen LogP contribution in [-0.2, 0) is 14.8 Å². The van der Waals surface area contributed by atoms with Crippen LogP contribution < -0.4 is 5.32 Å². The first-order valence-corrected chi connectivity index (χ1v) is 11.5. The first kappa shape index (κ1) is 21.9. The molecule has 2 aromatic carbocycles. The summed E-state index contributed by atoms with van der Waals surface area (Å²) in [7, 11) is -3.85. The number of ether oxygens (including phenoxy) is 1. The maximum Gasteiger partial charge on any atom is 0.294 e. The predicted molar refractivity (Wildman–Crippen MR) is 119 cm³/mol. The van der Waals surface area contributed by atoms with Crippen LogP contribution in [0.3, 0.4) is 0 Å². The lowest BCUT2D eigenvalue weighted by Gasteiger charge is -2.26. The van der Waals surface area contributed by atoms with Gasteiger partial charge in [0.15, 0.2) is 0 Å². The molecule has 1 aliphatic rings. The minimum Gasteiger partial charge on any atom is -0.379 e. The topological polar surface area (TPSA) is 120 Å². The fraction of sp³-hybridized carbons (Fsp3) is 0.286. The third-order valence-corrected chi connectivity index (χ3v) is 7.22. The molecule has 1 aromatic heterocycles. The number of aromatic nitrogens is 2. The van der Waals surface area contributed by atoms with Crippen molar-refractivity contribution in [2.45, 2.75) is 18.7 Å². The van der Waals surface area contributed by atoms with Crippen molar-refractivity contribution in [1.82, 2.24) is 14.1 Å². The Morgan fingerprint density at radius 2 is 1.78 bits per heavy atom. The maximum atomic E-state index is 12.9. The summed E-state index contributed by atoms with van der Waals surface area (Å²) in [5.41, 5.74) is 2.78. The number of rotatable bonds is 6. The SMILES string of the molecule is Cc1nn(-c2ccccc2)c(C)c1Nc1ccc(S(=O)(=O)N2CCOCC2)cc1[N+](=O)[O-]. The number of aryl methyl sites for hydroxylation is 1. The van der Waals surface area contributed by atoms with Gasteiger partial charge in [-0.25, -0.2) is 13.1 Å². The quantitative estimate of drug-likeness (QED) is 0.446. The van der Waals surface area contributed by atoms with Crippen LogP contribution in [0.1, 0.15) is 11.4 Å². The van der Waals surface area contributed by atoms with Gasteiger partial charge in [-0.15, -0.1) is 0 Å². The van der Waals surface area contributed by atoms with Gasteiger partial charge < -0.3 is 10.1 Å². The Morgan fingerprint density at radius 3 is 2.44 bits per heavy atom. The average molecular weight is 458 g/mol. The molecule has 1 saturated heterocycles. The lowest BCUT2D eigenvalue weighted by atomic mass is 10.2. The molecule has 1 fully saturated rings. The zero-order chi connectivity index (χ0) is 22.9. The Morgan fingerprint density at radius 1 is 1.09 bits per heavy atom. The molecule has 11 heteroatoms. The molecule has 1 N–H and O–H groups in total. The maximum absolute atomic E-state index is 12.9. The van der Waals surface area contributed by atoms with Gasteiger partial charge in [0.05, 0.1) is 45.8 Å². The van der Waals surface area contributed by atoms with E-state index in [0.717, 1.165) is 17.4 Å². The largest absolute Gasteiger partial charge is 0.379 e. The zero-order valence-corrected chi connectivity index (χ0v) is 18.5. The van der Waals surface area contributed by atoms with E-state index in [-0.39, 0.29) is 29.4 Å². The summed E-state index contributed by atoms with van der Waals surface area (Å²) in [4.78, 5) is 11.1. The molecule has 0 atom stereocenters. The molecule has 2 heterocycles. The van der Waals surface area contributed by atoms with Crippen molar-refractivity contribution in [3.63, 3.8) is 0 Å². The molecule has 32 heavy (non-hydrogen) atoms. The van der Waals surface area contributed by atoms with E-state index in [4.69, 9.17) is 4.74 Å². The summed E-state index contributed by atoms with van der Waals surface area (Å²) in [5.74, 6) is 0. The smallest absolute Gasteiger partial charge is 0.294 e. The third kappa shape index (κ3) is 4.09. The molecule has 4 rings (SSSR count). The second-order valence-electron chi connectivity index (χ2n) is 7.37. The summed E-state index contributed by atoms with van der Waals surface area (Å²) in [6.07, 6.45) is 0. The fourth-order valence-electron chi connectivity index (χ4n) is 3.64. The average Bonchev–Trinajstić information content (AvgIpc) is 3.08. The number of nitrogens with zero attached hydrogens (tertiary/aromatic N) is 4. The number of hydrogen-bond acceptors (Lipinski definition) is 7. The predicted octanol–water partition coefficient (Wildman–Crippen LogP) is 3.16. The van der Waals surface area contributed by atoms with E-state index in [2.05, 4.69) is 10.4 Å². The highest BCUT2D eigenvalue weighted by molar-refractivity contribution is 7.89. The summed E-state index contributed by atoms with van der Waals surface area (Å²) in [6, 6.07) is 13.4. The molecule has 1 aliphatic heterocycles. The highest BCUT2D eigenvalue weighted by atomic mass is 32.2. The van der Waals surface area contributed by atoms with Crippen LogP contribution >= 0.6 is 0 Å². The third-order valence-electron chi connectivity index (χ3n) is 5.33. The Balaban J connectivity index is 1.70. The number of nitro groups is 1. The lowest BCUT2D eigenvalue weighted by molar-refractivity contribution is -0.384. The monoisotopic (exact) mass is 457 g/mol. The molecular formula is C21H23N5O5S. The second kappa shape index (κ2) is 8.69. The first-order chi connectivity index (χ1) is 15.3. The van der Waals surface area contributed by atoms with Gasteiger partial charge in [0.2, 0.25) is 10.0 Å². The van der Waals surface area contributed by atoms with Gasteiger partial charge in [0, 0.05) is 19.2 Å². The normalized spacial score (nSPS) is 14.9. The second-order valence-corrected chi connectivity index (χ2v) is 9.31. The van der Waals surface area contributed by atoms with E-state index in [1.807, 2.05) is 37.3 Å². The van der Waals surface area contributed by atoms with E-state index in [1.165, 1.54) is 16.4 Å². The van der Waals surface area contributed by atoms with Gasteiger partial charge in [-0.3, -0.25) is 10.1 Å². The van der Waals surface area contributed by atoms with Crippen molar-refractivity contribution in [3.8, 4) is 5.69 Å². The number of sulfonamides is 1. The van der Waals surface area contributed by atoms with Gasteiger partial charge in [0.25, 0.3) is 5.69 Å².